The monoisotopic (exact) mass is 492 g/mol. The van der Waals surface area contributed by atoms with Crippen molar-refractivity contribution in [2.45, 2.75) is 16.9 Å². The molecule has 0 saturated heterocycles. The molecule has 1 unspecified atom stereocenters. The van der Waals surface area contributed by atoms with E-state index >= 15 is 0 Å². The van der Waals surface area contributed by atoms with E-state index in [-0.39, 0.29) is 21.6 Å². The lowest BCUT2D eigenvalue weighted by Gasteiger charge is -2.28. The molecule has 11 heteroatoms. The van der Waals surface area contributed by atoms with Crippen molar-refractivity contribution in [2.75, 3.05) is 10.6 Å². The quantitative estimate of drug-likeness (QED) is 0.275. The number of alkyl halides is 3. The molecule has 4 N–H and O–H groups in total. The van der Waals surface area contributed by atoms with Crippen LogP contribution in [0.1, 0.15) is 17.3 Å². The summed E-state index contributed by atoms with van der Waals surface area (Å²) in [5.41, 5.74) is 1.38. The van der Waals surface area contributed by atoms with Crippen molar-refractivity contribution in [3.05, 3.63) is 59.1 Å². The van der Waals surface area contributed by atoms with Crippen LogP contribution in [0.15, 0.2) is 48.5 Å². The molecule has 0 bridgehead atoms. The fourth-order valence-electron chi connectivity index (χ4n) is 2.23. The van der Waals surface area contributed by atoms with Crippen molar-refractivity contribution in [2.24, 2.45) is 0 Å². The highest BCUT2D eigenvalue weighted by molar-refractivity contribution is 7.80. The number of nitrogens with one attached hydrogen (secondary N) is 4. The molecule has 0 saturated carbocycles. The van der Waals surface area contributed by atoms with Crippen LogP contribution in [0, 0.1) is 0 Å². The molecular weight excluding hydrogens is 478 g/mol. The summed E-state index contributed by atoms with van der Waals surface area (Å²) in [4.78, 5) is 23.7. The number of halogens is 4. The second-order valence-corrected chi connectivity index (χ2v) is 8.97. The van der Waals surface area contributed by atoms with Gasteiger partial charge in [0.2, 0.25) is 9.70 Å². The first-order valence-corrected chi connectivity index (χ1v) is 10.1. The minimum atomic E-state index is -1.92. The van der Waals surface area contributed by atoms with Gasteiger partial charge in [0.15, 0.2) is 5.11 Å². The van der Waals surface area contributed by atoms with E-state index in [9.17, 15) is 9.59 Å². The highest BCUT2D eigenvalue weighted by Gasteiger charge is 2.35. The molecule has 0 spiro atoms. The van der Waals surface area contributed by atoms with Gasteiger partial charge in [-0.25, -0.2) is 0 Å². The standard InChI is InChI=1S/C18H16Cl4N4O2S/c1-10(27)23-11-5-4-6-12(9-11)24-17(29)26-16(18(20,21)22)25-15(28)13-7-2-3-8-14(13)19/h2-9,16H,1H3,(H,23,27)(H,25,28)(H2,24,26,29). The Balaban J connectivity index is 2.08. The topological polar surface area (TPSA) is 82.3 Å². The Morgan fingerprint density at radius 3 is 2.17 bits per heavy atom. The smallest absolute Gasteiger partial charge is 0.254 e. The maximum absolute atomic E-state index is 12.5. The van der Waals surface area contributed by atoms with Crippen LogP contribution in [0.4, 0.5) is 11.4 Å². The first kappa shape index (κ1) is 23.5. The molecule has 154 valence electrons. The third kappa shape index (κ3) is 7.53. The fraction of sp³-hybridized carbons (Fsp3) is 0.167. The number of anilines is 2. The van der Waals surface area contributed by atoms with Gasteiger partial charge in [-0.15, -0.1) is 0 Å². The Bertz CT molecular complexity index is 921. The zero-order chi connectivity index (χ0) is 21.6. The number of amides is 2. The molecule has 6 nitrogen and oxygen atoms in total. The summed E-state index contributed by atoms with van der Waals surface area (Å²) in [7, 11) is 0. The van der Waals surface area contributed by atoms with Gasteiger partial charge in [-0.1, -0.05) is 64.6 Å². The lowest BCUT2D eigenvalue weighted by atomic mass is 10.2. The first-order chi connectivity index (χ1) is 13.6. The molecule has 2 aromatic carbocycles. The summed E-state index contributed by atoms with van der Waals surface area (Å²) >= 11 is 29.2. The lowest BCUT2D eigenvalue weighted by molar-refractivity contribution is -0.114. The van der Waals surface area contributed by atoms with Crippen LogP contribution in [0.3, 0.4) is 0 Å². The molecule has 0 aromatic heterocycles. The molecule has 0 aliphatic heterocycles. The van der Waals surface area contributed by atoms with Gasteiger partial charge in [0.1, 0.15) is 6.17 Å². The zero-order valence-corrected chi connectivity index (χ0v) is 18.8. The third-order valence-electron chi connectivity index (χ3n) is 3.44. The summed E-state index contributed by atoms with van der Waals surface area (Å²) in [6.07, 6.45) is -1.16. The zero-order valence-electron chi connectivity index (χ0n) is 14.9. The van der Waals surface area contributed by atoms with Crippen molar-refractivity contribution in [1.29, 1.82) is 0 Å². The Morgan fingerprint density at radius 1 is 0.966 bits per heavy atom. The highest BCUT2D eigenvalue weighted by Crippen LogP contribution is 2.29. The summed E-state index contributed by atoms with van der Waals surface area (Å²) in [5, 5.41) is 11.2. The van der Waals surface area contributed by atoms with Crippen LogP contribution < -0.4 is 21.3 Å². The maximum Gasteiger partial charge on any atom is 0.254 e. The fourth-order valence-corrected chi connectivity index (χ4v) is 3.01. The van der Waals surface area contributed by atoms with Crippen LogP contribution in [0.25, 0.3) is 0 Å². The van der Waals surface area contributed by atoms with Gasteiger partial charge in [0.25, 0.3) is 5.91 Å². The highest BCUT2D eigenvalue weighted by atomic mass is 35.6. The third-order valence-corrected chi connectivity index (χ3v) is 4.64. The molecule has 0 aliphatic carbocycles. The molecule has 0 fully saturated rings. The van der Waals surface area contributed by atoms with Crippen molar-refractivity contribution in [3.8, 4) is 0 Å². The van der Waals surface area contributed by atoms with Crippen LogP contribution >= 0.6 is 58.6 Å². The van der Waals surface area contributed by atoms with E-state index in [2.05, 4.69) is 21.3 Å². The van der Waals surface area contributed by atoms with Crippen molar-refractivity contribution in [1.82, 2.24) is 10.6 Å². The molecule has 2 aromatic rings. The van der Waals surface area contributed by atoms with Gasteiger partial charge in [-0.05, 0) is 42.5 Å². The molecular formula is C18H16Cl4N4O2S. The number of hydrogen-bond acceptors (Lipinski definition) is 3. The molecule has 2 amide bonds. The molecule has 0 aliphatic rings. The SMILES string of the molecule is CC(=O)Nc1cccc(NC(=S)NC(NC(=O)c2ccccc2Cl)C(Cl)(Cl)Cl)c1. The lowest BCUT2D eigenvalue weighted by Crippen LogP contribution is -2.56. The van der Waals surface area contributed by atoms with Gasteiger partial charge in [-0.3, -0.25) is 9.59 Å². The number of hydrogen-bond donors (Lipinski definition) is 4. The molecule has 0 heterocycles. The Labute approximate surface area is 193 Å². The van der Waals surface area contributed by atoms with E-state index in [1.807, 2.05) is 0 Å². The van der Waals surface area contributed by atoms with E-state index in [0.29, 0.717) is 11.4 Å². The van der Waals surface area contributed by atoms with Crippen LogP contribution in [0.2, 0.25) is 5.02 Å². The van der Waals surface area contributed by atoms with Gasteiger partial charge in [-0.2, -0.15) is 0 Å². The largest absolute Gasteiger partial charge is 0.339 e. The number of benzene rings is 2. The molecule has 1 atom stereocenters. The summed E-state index contributed by atoms with van der Waals surface area (Å²) in [6.45, 7) is 1.40. The van der Waals surface area contributed by atoms with Gasteiger partial charge in [0.05, 0.1) is 10.6 Å². The molecule has 29 heavy (non-hydrogen) atoms. The van der Waals surface area contributed by atoms with Crippen LogP contribution in [0.5, 0.6) is 0 Å². The van der Waals surface area contributed by atoms with Gasteiger partial charge in [0, 0.05) is 18.3 Å². The predicted molar refractivity (Wildman–Crippen MR) is 123 cm³/mol. The average Bonchev–Trinajstić information content (AvgIpc) is 2.60. The second kappa shape index (κ2) is 10.3. The van der Waals surface area contributed by atoms with E-state index in [0.717, 1.165) is 0 Å². The number of carbonyl (C=O) groups is 2. The van der Waals surface area contributed by atoms with E-state index in [1.165, 1.54) is 13.0 Å². The van der Waals surface area contributed by atoms with Gasteiger partial charge < -0.3 is 21.3 Å². The minimum Gasteiger partial charge on any atom is -0.339 e. The maximum atomic E-state index is 12.5. The van der Waals surface area contributed by atoms with Crippen molar-refractivity contribution in [3.63, 3.8) is 0 Å². The number of rotatable bonds is 5. The van der Waals surface area contributed by atoms with Crippen LogP contribution in [-0.2, 0) is 4.79 Å². The Morgan fingerprint density at radius 2 is 1.59 bits per heavy atom. The first-order valence-electron chi connectivity index (χ1n) is 8.13. The molecule has 2 rings (SSSR count). The van der Waals surface area contributed by atoms with Crippen LogP contribution in [-0.4, -0.2) is 26.9 Å². The minimum absolute atomic E-state index is 0.0840. The van der Waals surface area contributed by atoms with Gasteiger partial charge >= 0.3 is 0 Å². The van der Waals surface area contributed by atoms with Crippen molar-refractivity contribution < 1.29 is 9.59 Å². The number of thiocarbonyl (C=S) groups is 1. The van der Waals surface area contributed by atoms with E-state index in [4.69, 9.17) is 58.6 Å². The second-order valence-electron chi connectivity index (χ2n) is 5.79. The Hall–Kier alpha value is -1.77. The van der Waals surface area contributed by atoms with Crippen molar-refractivity contribution >= 4 is 86.9 Å². The average molecular weight is 494 g/mol. The normalized spacial score (nSPS) is 11.9. The molecule has 0 radical (unpaired) electrons. The van der Waals surface area contributed by atoms with E-state index < -0.39 is 15.9 Å². The van der Waals surface area contributed by atoms with E-state index in [1.54, 1.807) is 42.5 Å². The summed E-state index contributed by atoms with van der Waals surface area (Å²) < 4.78 is -1.92. The predicted octanol–water partition coefficient (Wildman–Crippen LogP) is 4.71. The Kier molecular flexibility index (Phi) is 8.36. The summed E-state index contributed by atoms with van der Waals surface area (Å²) in [5.74, 6) is -0.753. The number of carbonyl (C=O) groups excluding carboxylic acids is 2. The summed E-state index contributed by atoms with van der Waals surface area (Å²) in [6, 6.07) is 13.3.